The third-order valence-electron chi connectivity index (χ3n) is 3.72. The predicted molar refractivity (Wildman–Crippen MR) is 79.0 cm³/mol. The molecule has 0 radical (unpaired) electrons. The van der Waals surface area contributed by atoms with E-state index in [0.29, 0.717) is 11.7 Å². The molecule has 1 unspecified atom stereocenters. The van der Waals surface area contributed by atoms with Crippen molar-refractivity contribution in [3.63, 3.8) is 0 Å². The molecule has 3 aromatic rings. The van der Waals surface area contributed by atoms with Gasteiger partial charge in [-0.1, -0.05) is 23.4 Å². The highest BCUT2D eigenvalue weighted by molar-refractivity contribution is 5.59. The Morgan fingerprint density at radius 2 is 2.14 bits per heavy atom. The fraction of sp³-hybridized carbons (Fsp3) is 0.188. The third-order valence-corrected chi connectivity index (χ3v) is 3.72. The molecule has 1 atom stereocenters. The minimum absolute atomic E-state index is 0.104. The van der Waals surface area contributed by atoms with Crippen molar-refractivity contribution < 1.29 is 4.52 Å². The van der Waals surface area contributed by atoms with Crippen molar-refractivity contribution in [3.05, 3.63) is 59.6 Å². The molecule has 2 aromatic heterocycles. The zero-order valence-electron chi connectivity index (χ0n) is 11.6. The van der Waals surface area contributed by atoms with Crippen molar-refractivity contribution in [1.82, 2.24) is 15.1 Å². The van der Waals surface area contributed by atoms with Gasteiger partial charge in [-0.15, -0.1) is 0 Å². The van der Waals surface area contributed by atoms with E-state index in [1.165, 1.54) is 5.56 Å². The average Bonchev–Trinajstić information content (AvgIpc) is 3.14. The first-order chi connectivity index (χ1) is 10.3. The second-order valence-corrected chi connectivity index (χ2v) is 5.20. The molecule has 0 spiro atoms. The number of nitrogens with one attached hydrogen (secondary N) is 1. The molecule has 0 bridgehead atoms. The van der Waals surface area contributed by atoms with Crippen molar-refractivity contribution in [2.45, 2.75) is 12.8 Å². The van der Waals surface area contributed by atoms with E-state index >= 15 is 0 Å². The maximum absolute atomic E-state index is 5.46. The minimum atomic E-state index is 0.104. The van der Waals surface area contributed by atoms with E-state index in [4.69, 9.17) is 4.52 Å². The van der Waals surface area contributed by atoms with Crippen molar-refractivity contribution >= 4 is 5.69 Å². The highest BCUT2D eigenvalue weighted by atomic mass is 16.5. The molecule has 0 saturated heterocycles. The molecule has 5 heteroatoms. The Morgan fingerprint density at radius 1 is 1.24 bits per heavy atom. The van der Waals surface area contributed by atoms with E-state index in [9.17, 15) is 0 Å². The third kappa shape index (κ3) is 2.07. The summed E-state index contributed by atoms with van der Waals surface area (Å²) in [7, 11) is 0. The number of aryl methyl sites for hydroxylation is 1. The summed E-state index contributed by atoms with van der Waals surface area (Å²) in [5, 5.41) is 7.43. The fourth-order valence-electron chi connectivity index (χ4n) is 2.64. The zero-order valence-corrected chi connectivity index (χ0v) is 11.6. The van der Waals surface area contributed by atoms with Crippen LogP contribution < -0.4 is 5.32 Å². The van der Waals surface area contributed by atoms with Crippen molar-refractivity contribution in [2.75, 3.05) is 11.9 Å². The van der Waals surface area contributed by atoms with Crippen molar-refractivity contribution in [1.29, 1.82) is 0 Å². The van der Waals surface area contributed by atoms with E-state index < -0.39 is 0 Å². The first-order valence-electron chi connectivity index (χ1n) is 6.91. The summed E-state index contributed by atoms with van der Waals surface area (Å²) in [6, 6.07) is 12.1. The maximum Gasteiger partial charge on any atom is 0.236 e. The molecule has 0 saturated carbocycles. The Hall–Kier alpha value is -2.69. The quantitative estimate of drug-likeness (QED) is 0.780. The summed E-state index contributed by atoms with van der Waals surface area (Å²) in [5.74, 6) is 1.27. The number of rotatable bonds is 2. The van der Waals surface area contributed by atoms with Gasteiger partial charge in [-0.2, -0.15) is 4.98 Å². The van der Waals surface area contributed by atoms with Gasteiger partial charge in [0.25, 0.3) is 0 Å². The second-order valence-electron chi connectivity index (χ2n) is 5.20. The van der Waals surface area contributed by atoms with Crippen LogP contribution >= 0.6 is 0 Å². The van der Waals surface area contributed by atoms with E-state index in [-0.39, 0.29) is 5.92 Å². The summed E-state index contributed by atoms with van der Waals surface area (Å²) in [6.45, 7) is 2.80. The van der Waals surface area contributed by atoms with Gasteiger partial charge in [-0.05, 0) is 36.2 Å². The van der Waals surface area contributed by atoms with E-state index in [2.05, 4.69) is 32.6 Å². The number of benzene rings is 1. The molecule has 0 aliphatic carbocycles. The van der Waals surface area contributed by atoms with Gasteiger partial charge in [0, 0.05) is 18.4 Å². The average molecular weight is 278 g/mol. The Morgan fingerprint density at radius 3 is 3.05 bits per heavy atom. The molecule has 104 valence electrons. The van der Waals surface area contributed by atoms with E-state index in [1.807, 2.05) is 31.2 Å². The van der Waals surface area contributed by atoms with Gasteiger partial charge in [-0.3, -0.25) is 4.98 Å². The highest BCUT2D eigenvalue weighted by Crippen LogP contribution is 2.35. The normalized spacial score (nSPS) is 16.5. The van der Waals surface area contributed by atoms with E-state index in [0.717, 1.165) is 23.5 Å². The lowest BCUT2D eigenvalue weighted by molar-refractivity contribution is 0.370. The predicted octanol–water partition coefficient (Wildman–Crippen LogP) is 3.00. The summed E-state index contributed by atoms with van der Waals surface area (Å²) in [5.41, 5.74) is 4.20. The molecule has 3 heterocycles. The number of pyridine rings is 1. The Kier molecular flexibility index (Phi) is 2.70. The Labute approximate surface area is 122 Å². The molecule has 5 nitrogen and oxygen atoms in total. The molecule has 1 N–H and O–H groups in total. The first kappa shape index (κ1) is 12.1. The van der Waals surface area contributed by atoms with Crippen LogP contribution in [0.4, 0.5) is 5.69 Å². The molecule has 0 amide bonds. The monoisotopic (exact) mass is 278 g/mol. The molecule has 21 heavy (non-hydrogen) atoms. The number of fused-ring (bicyclic) bond motifs is 1. The zero-order chi connectivity index (χ0) is 14.2. The second kappa shape index (κ2) is 4.70. The lowest BCUT2D eigenvalue weighted by Gasteiger charge is -2.03. The molecule has 1 aromatic carbocycles. The molecular formula is C16H14N4O. The van der Waals surface area contributed by atoms with E-state index in [1.54, 1.807) is 6.20 Å². The summed E-state index contributed by atoms with van der Waals surface area (Å²) in [4.78, 5) is 8.82. The smallest absolute Gasteiger partial charge is 0.236 e. The number of anilines is 1. The number of hydrogen-bond acceptors (Lipinski definition) is 5. The van der Waals surface area contributed by atoms with Gasteiger partial charge < -0.3 is 9.84 Å². The largest absolute Gasteiger partial charge is 0.384 e. The van der Waals surface area contributed by atoms with Gasteiger partial charge in [0.15, 0.2) is 0 Å². The lowest BCUT2D eigenvalue weighted by atomic mass is 10.0. The standard InChI is InChI=1S/C16H14N4O/c1-10-6-7-17-14(8-10)15-19-16(21-20-15)12-9-18-13-5-3-2-4-11(12)13/h2-8,12,18H,9H2,1H3. The Balaban J connectivity index is 1.70. The number of nitrogens with zero attached hydrogens (tertiary/aromatic N) is 3. The van der Waals surface area contributed by atoms with Gasteiger partial charge >= 0.3 is 0 Å². The van der Waals surface area contributed by atoms with Crippen LogP contribution in [0.1, 0.15) is 22.9 Å². The van der Waals surface area contributed by atoms with Crippen molar-refractivity contribution in [3.8, 4) is 11.5 Å². The summed E-state index contributed by atoms with van der Waals surface area (Å²) >= 11 is 0. The van der Waals surface area contributed by atoms with Crippen LogP contribution in [0.3, 0.4) is 0 Å². The first-order valence-corrected chi connectivity index (χ1v) is 6.91. The summed E-state index contributed by atoms with van der Waals surface area (Å²) < 4.78 is 5.46. The number of para-hydroxylation sites is 1. The minimum Gasteiger partial charge on any atom is -0.384 e. The maximum atomic E-state index is 5.46. The topological polar surface area (TPSA) is 63.8 Å². The molecule has 4 rings (SSSR count). The number of aromatic nitrogens is 3. The molecular weight excluding hydrogens is 264 g/mol. The van der Waals surface area contributed by atoms with Crippen LogP contribution in [0.15, 0.2) is 47.1 Å². The highest BCUT2D eigenvalue weighted by Gasteiger charge is 2.28. The van der Waals surface area contributed by atoms with Crippen LogP contribution in [0.2, 0.25) is 0 Å². The van der Waals surface area contributed by atoms with Crippen molar-refractivity contribution in [2.24, 2.45) is 0 Å². The van der Waals surface area contributed by atoms with Gasteiger partial charge in [0.1, 0.15) is 5.69 Å². The van der Waals surface area contributed by atoms with Crippen LogP contribution in [0.5, 0.6) is 0 Å². The Bertz CT molecular complexity index is 796. The SMILES string of the molecule is Cc1ccnc(-c2noc(C3CNc4ccccc43)n2)c1. The fourth-order valence-corrected chi connectivity index (χ4v) is 2.64. The van der Waals surface area contributed by atoms with Gasteiger partial charge in [0.2, 0.25) is 11.7 Å². The number of hydrogen-bond donors (Lipinski definition) is 1. The molecule has 1 aliphatic rings. The lowest BCUT2D eigenvalue weighted by Crippen LogP contribution is -2.04. The van der Waals surface area contributed by atoms with Crippen LogP contribution in [-0.4, -0.2) is 21.7 Å². The molecule has 1 aliphatic heterocycles. The molecule has 0 fully saturated rings. The van der Waals surface area contributed by atoms with Gasteiger partial charge in [-0.25, -0.2) is 0 Å². The summed E-state index contributed by atoms with van der Waals surface area (Å²) in [6.07, 6.45) is 1.76. The van der Waals surface area contributed by atoms with Gasteiger partial charge in [0.05, 0.1) is 5.92 Å². The van der Waals surface area contributed by atoms with Crippen LogP contribution in [-0.2, 0) is 0 Å². The van der Waals surface area contributed by atoms with Crippen LogP contribution in [0, 0.1) is 6.92 Å². The van der Waals surface area contributed by atoms with Crippen LogP contribution in [0.25, 0.3) is 11.5 Å².